The predicted molar refractivity (Wildman–Crippen MR) is 56.2 cm³/mol. The fourth-order valence-electron chi connectivity index (χ4n) is 0.879. The maximum atomic E-state index is 10.5. The molecule has 1 aromatic heterocycles. The molecule has 1 heterocycles. The number of primary amides is 1. The molecule has 0 bridgehead atoms. The van der Waals surface area contributed by atoms with Gasteiger partial charge in [0.2, 0.25) is 5.91 Å². The Kier molecular flexibility index (Phi) is 4.34. The highest BCUT2D eigenvalue weighted by atomic mass is 35.5. The molecule has 14 heavy (non-hydrogen) atoms. The number of carbonyl (C=O) groups is 1. The van der Waals surface area contributed by atoms with Crippen molar-refractivity contribution < 1.29 is 9.90 Å². The van der Waals surface area contributed by atoms with Crippen LogP contribution in [0.25, 0.3) is 0 Å². The van der Waals surface area contributed by atoms with Gasteiger partial charge in [0.1, 0.15) is 6.10 Å². The largest absolute Gasteiger partial charge is 0.382 e. The molecule has 1 atom stereocenters. The topological polar surface area (TPSA) is 75.4 Å². The second-order valence-electron chi connectivity index (χ2n) is 2.75. The summed E-state index contributed by atoms with van der Waals surface area (Å²) in [5.41, 5.74) is 4.87. The van der Waals surface area contributed by atoms with Crippen LogP contribution in [0, 0.1) is 0 Å². The summed E-state index contributed by atoms with van der Waals surface area (Å²) in [6.45, 7) is 0.729. The lowest BCUT2D eigenvalue weighted by atomic mass is 10.3. The van der Waals surface area contributed by atoms with Crippen LogP contribution in [0.15, 0.2) is 12.1 Å². The number of thiophene rings is 1. The van der Waals surface area contributed by atoms with Gasteiger partial charge < -0.3 is 16.2 Å². The van der Waals surface area contributed by atoms with Gasteiger partial charge in [0, 0.05) is 18.0 Å². The molecule has 0 spiro atoms. The standard InChI is InChI=1S/C8H11ClN2O2S/c9-7-2-1-5(14-7)3-11-4-6(12)8(10)13/h1-2,6,11-12H,3-4H2,(H2,10,13). The average Bonchev–Trinajstić information content (AvgIpc) is 2.51. The summed E-state index contributed by atoms with van der Waals surface area (Å²) in [6.07, 6.45) is -1.13. The number of hydrogen-bond donors (Lipinski definition) is 3. The zero-order valence-electron chi connectivity index (χ0n) is 7.37. The Morgan fingerprint density at radius 1 is 1.71 bits per heavy atom. The molecule has 0 aliphatic heterocycles. The van der Waals surface area contributed by atoms with Crippen LogP contribution < -0.4 is 11.1 Å². The summed E-state index contributed by atoms with van der Waals surface area (Å²) in [5, 5.41) is 11.9. The number of carbonyl (C=O) groups excluding carboxylic acids is 1. The van der Waals surface area contributed by atoms with E-state index in [1.165, 1.54) is 11.3 Å². The fraction of sp³-hybridized carbons (Fsp3) is 0.375. The Hall–Kier alpha value is -0.620. The molecule has 4 nitrogen and oxygen atoms in total. The van der Waals surface area contributed by atoms with Crippen molar-refractivity contribution >= 4 is 28.8 Å². The lowest BCUT2D eigenvalue weighted by Crippen LogP contribution is -2.37. The first kappa shape index (κ1) is 11.5. The van der Waals surface area contributed by atoms with E-state index in [2.05, 4.69) is 5.32 Å². The molecule has 0 aromatic carbocycles. The van der Waals surface area contributed by atoms with Gasteiger partial charge in [-0.05, 0) is 12.1 Å². The van der Waals surface area contributed by atoms with E-state index in [1.54, 1.807) is 6.07 Å². The van der Waals surface area contributed by atoms with E-state index in [1.807, 2.05) is 6.07 Å². The molecule has 1 aromatic rings. The molecule has 0 aliphatic rings. The van der Waals surface area contributed by atoms with Crippen molar-refractivity contribution in [3.63, 3.8) is 0 Å². The van der Waals surface area contributed by atoms with Crippen LogP contribution >= 0.6 is 22.9 Å². The van der Waals surface area contributed by atoms with E-state index >= 15 is 0 Å². The quantitative estimate of drug-likeness (QED) is 0.688. The minimum absolute atomic E-state index is 0.158. The third-order valence-corrected chi connectivity index (χ3v) is 2.83. The lowest BCUT2D eigenvalue weighted by molar-refractivity contribution is -0.125. The van der Waals surface area contributed by atoms with Gasteiger partial charge in [-0.3, -0.25) is 4.79 Å². The van der Waals surface area contributed by atoms with Crippen LogP contribution in [0.2, 0.25) is 4.34 Å². The number of nitrogens with one attached hydrogen (secondary N) is 1. The second-order valence-corrected chi connectivity index (χ2v) is 4.55. The summed E-state index contributed by atoms with van der Waals surface area (Å²) >= 11 is 7.17. The molecular formula is C8H11ClN2O2S. The number of rotatable bonds is 5. The zero-order chi connectivity index (χ0) is 10.6. The minimum atomic E-state index is -1.13. The highest BCUT2D eigenvalue weighted by Crippen LogP contribution is 2.20. The molecule has 0 saturated heterocycles. The highest BCUT2D eigenvalue weighted by Gasteiger charge is 2.09. The van der Waals surface area contributed by atoms with Crippen molar-refractivity contribution in [1.29, 1.82) is 0 Å². The molecule has 0 saturated carbocycles. The van der Waals surface area contributed by atoms with Crippen molar-refractivity contribution in [3.05, 3.63) is 21.3 Å². The Balaban J connectivity index is 2.25. The Morgan fingerprint density at radius 2 is 2.43 bits per heavy atom. The monoisotopic (exact) mass is 234 g/mol. The van der Waals surface area contributed by atoms with Gasteiger partial charge in [-0.1, -0.05) is 11.6 Å². The second kappa shape index (κ2) is 5.31. The van der Waals surface area contributed by atoms with Gasteiger partial charge in [0.05, 0.1) is 4.34 Å². The predicted octanol–water partition coefficient (Wildman–Crippen LogP) is 0.337. The number of aliphatic hydroxyl groups excluding tert-OH is 1. The smallest absolute Gasteiger partial charge is 0.247 e. The zero-order valence-corrected chi connectivity index (χ0v) is 8.94. The lowest BCUT2D eigenvalue weighted by Gasteiger charge is -2.06. The number of amides is 1. The van der Waals surface area contributed by atoms with E-state index in [9.17, 15) is 4.79 Å². The maximum Gasteiger partial charge on any atom is 0.247 e. The first-order valence-electron chi connectivity index (χ1n) is 4.02. The van der Waals surface area contributed by atoms with Crippen molar-refractivity contribution in [3.8, 4) is 0 Å². The summed E-state index contributed by atoms with van der Waals surface area (Å²) in [4.78, 5) is 11.5. The number of nitrogens with two attached hydrogens (primary N) is 1. The molecule has 6 heteroatoms. The van der Waals surface area contributed by atoms with E-state index in [4.69, 9.17) is 22.4 Å². The van der Waals surface area contributed by atoms with E-state index < -0.39 is 12.0 Å². The van der Waals surface area contributed by atoms with E-state index in [0.717, 1.165) is 9.21 Å². The molecule has 0 fully saturated rings. The van der Waals surface area contributed by atoms with Crippen LogP contribution in [0.5, 0.6) is 0 Å². The van der Waals surface area contributed by atoms with E-state index in [0.29, 0.717) is 6.54 Å². The number of hydrogen-bond acceptors (Lipinski definition) is 4. The highest BCUT2D eigenvalue weighted by molar-refractivity contribution is 7.16. The Labute approximate surface area is 90.7 Å². The van der Waals surface area contributed by atoms with Crippen molar-refractivity contribution in [2.75, 3.05) is 6.54 Å². The Bertz CT molecular complexity index is 316. The molecule has 4 N–H and O–H groups in total. The van der Waals surface area contributed by atoms with Crippen LogP contribution in [-0.4, -0.2) is 23.7 Å². The van der Waals surface area contributed by atoms with Crippen molar-refractivity contribution in [2.45, 2.75) is 12.6 Å². The number of halogens is 1. The van der Waals surface area contributed by atoms with Crippen LogP contribution in [0.3, 0.4) is 0 Å². The van der Waals surface area contributed by atoms with Crippen molar-refractivity contribution in [2.24, 2.45) is 5.73 Å². The third-order valence-electron chi connectivity index (χ3n) is 1.59. The summed E-state index contributed by atoms with van der Waals surface area (Å²) in [5.74, 6) is -0.721. The van der Waals surface area contributed by atoms with Crippen LogP contribution in [0.4, 0.5) is 0 Å². The molecule has 78 valence electrons. The minimum Gasteiger partial charge on any atom is -0.382 e. The normalized spacial score (nSPS) is 12.7. The van der Waals surface area contributed by atoms with E-state index in [-0.39, 0.29) is 6.54 Å². The van der Waals surface area contributed by atoms with Crippen molar-refractivity contribution in [1.82, 2.24) is 5.32 Å². The molecule has 1 rings (SSSR count). The number of aliphatic hydroxyl groups is 1. The van der Waals surface area contributed by atoms with Gasteiger partial charge in [-0.25, -0.2) is 0 Å². The van der Waals surface area contributed by atoms with Gasteiger partial charge in [-0.15, -0.1) is 11.3 Å². The van der Waals surface area contributed by atoms with Crippen LogP contribution in [0.1, 0.15) is 4.88 Å². The first-order valence-corrected chi connectivity index (χ1v) is 5.21. The molecule has 1 unspecified atom stereocenters. The van der Waals surface area contributed by atoms with Gasteiger partial charge in [-0.2, -0.15) is 0 Å². The Morgan fingerprint density at radius 3 is 2.93 bits per heavy atom. The third kappa shape index (κ3) is 3.63. The maximum absolute atomic E-state index is 10.5. The average molecular weight is 235 g/mol. The molecular weight excluding hydrogens is 224 g/mol. The first-order chi connectivity index (χ1) is 6.59. The molecule has 0 radical (unpaired) electrons. The fourth-order valence-corrected chi connectivity index (χ4v) is 1.94. The summed E-state index contributed by atoms with van der Waals surface area (Å²) in [6, 6.07) is 3.68. The van der Waals surface area contributed by atoms with Crippen LogP contribution in [-0.2, 0) is 11.3 Å². The summed E-state index contributed by atoms with van der Waals surface area (Å²) in [7, 11) is 0. The molecule has 1 amide bonds. The van der Waals surface area contributed by atoms with Gasteiger partial charge in [0.15, 0.2) is 0 Å². The summed E-state index contributed by atoms with van der Waals surface area (Å²) < 4.78 is 0.720. The SMILES string of the molecule is NC(=O)C(O)CNCc1ccc(Cl)s1. The van der Waals surface area contributed by atoms with Gasteiger partial charge >= 0.3 is 0 Å². The molecule has 0 aliphatic carbocycles. The van der Waals surface area contributed by atoms with Gasteiger partial charge in [0.25, 0.3) is 0 Å².